The van der Waals surface area contributed by atoms with Gasteiger partial charge < -0.3 is 0 Å². The summed E-state index contributed by atoms with van der Waals surface area (Å²) in [5.41, 5.74) is 3.57. The number of carbonyl (C=O) groups excluding carboxylic acids is 1. The molecule has 4 nitrogen and oxygen atoms in total. The third-order valence-electron chi connectivity index (χ3n) is 3.43. The second-order valence-electron chi connectivity index (χ2n) is 4.59. The highest BCUT2D eigenvalue weighted by Gasteiger charge is 2.29. The van der Waals surface area contributed by atoms with Crippen molar-refractivity contribution in [2.45, 2.75) is 19.3 Å². The van der Waals surface area contributed by atoms with Gasteiger partial charge >= 0.3 is 0 Å². The van der Waals surface area contributed by atoms with Crippen molar-refractivity contribution in [2.24, 2.45) is 0 Å². The largest absolute Gasteiger partial charge is 0.271 e. The molecule has 2 aliphatic rings. The number of hydrogen-bond acceptors (Lipinski definition) is 3. The molecule has 1 aromatic rings. The lowest BCUT2D eigenvalue weighted by Crippen LogP contribution is -2.52. The molecule has 1 amide bonds. The summed E-state index contributed by atoms with van der Waals surface area (Å²) in [6.07, 6.45) is 3.42. The van der Waals surface area contributed by atoms with Crippen LogP contribution in [0.2, 0.25) is 0 Å². The molecule has 0 bridgehead atoms. The zero-order chi connectivity index (χ0) is 12.7. The lowest BCUT2D eigenvalue weighted by molar-refractivity contribution is -0.142. The number of amides is 1. The van der Waals surface area contributed by atoms with Gasteiger partial charge in [0.25, 0.3) is 5.91 Å². The van der Waals surface area contributed by atoms with Gasteiger partial charge in [-0.25, -0.2) is 5.06 Å². The van der Waals surface area contributed by atoms with E-state index in [4.69, 9.17) is 17.1 Å². The van der Waals surface area contributed by atoms with Crippen LogP contribution in [0.25, 0.3) is 0 Å². The molecular formula is C13H14N2O2S. The minimum Gasteiger partial charge on any atom is -0.271 e. The number of fused-ring (bicyclic) bond motifs is 1. The minimum absolute atomic E-state index is 0.0354. The number of benzene rings is 1. The minimum atomic E-state index is -0.115. The summed E-state index contributed by atoms with van der Waals surface area (Å²) in [6.45, 7) is 0.0354. The molecule has 1 heterocycles. The first-order valence-electron chi connectivity index (χ1n) is 6.02. The molecule has 0 N–H and O–H groups in total. The molecule has 0 unspecified atom stereocenters. The van der Waals surface area contributed by atoms with Gasteiger partial charge in [-0.3, -0.25) is 14.5 Å². The van der Waals surface area contributed by atoms with Crippen molar-refractivity contribution < 1.29 is 9.63 Å². The van der Waals surface area contributed by atoms with Crippen LogP contribution in [0.5, 0.6) is 0 Å². The standard InChI is InChI=1S/C13H14N2O2S/c1-14-13(18)15(12(16)8-17-14)11-6-5-9-3-2-4-10(9)7-11/h5-7H,2-4,8H2,1H3. The molecule has 0 spiro atoms. The molecule has 1 aliphatic carbocycles. The van der Waals surface area contributed by atoms with Gasteiger partial charge in [-0.2, -0.15) is 0 Å². The number of nitrogens with zero attached hydrogens (tertiary/aromatic N) is 2. The smallest absolute Gasteiger partial charge is 0.262 e. The van der Waals surface area contributed by atoms with Crippen LogP contribution >= 0.6 is 12.2 Å². The molecule has 3 rings (SSSR count). The first-order chi connectivity index (χ1) is 8.66. The van der Waals surface area contributed by atoms with Crippen LogP contribution in [0.3, 0.4) is 0 Å². The Bertz CT molecular complexity index is 530. The molecule has 0 aromatic heterocycles. The van der Waals surface area contributed by atoms with E-state index in [0.717, 1.165) is 18.5 Å². The Morgan fingerprint density at radius 3 is 2.89 bits per heavy atom. The maximum Gasteiger partial charge on any atom is 0.262 e. The van der Waals surface area contributed by atoms with Gasteiger partial charge in [0.2, 0.25) is 5.11 Å². The molecular weight excluding hydrogens is 248 g/mol. The maximum atomic E-state index is 11.9. The van der Waals surface area contributed by atoms with Gasteiger partial charge in [0.1, 0.15) is 0 Å². The average molecular weight is 262 g/mol. The predicted molar refractivity (Wildman–Crippen MR) is 72.3 cm³/mol. The number of aryl methyl sites for hydroxylation is 2. The second-order valence-corrected chi connectivity index (χ2v) is 4.95. The molecule has 0 radical (unpaired) electrons. The van der Waals surface area contributed by atoms with Gasteiger partial charge in [-0.15, -0.1) is 0 Å². The first kappa shape index (κ1) is 11.6. The lowest BCUT2D eigenvalue weighted by atomic mass is 10.1. The van der Waals surface area contributed by atoms with E-state index in [-0.39, 0.29) is 12.5 Å². The van der Waals surface area contributed by atoms with Crippen molar-refractivity contribution in [3.63, 3.8) is 0 Å². The van der Waals surface area contributed by atoms with Crippen LogP contribution in [-0.2, 0) is 22.5 Å². The number of carbonyl (C=O) groups is 1. The number of thiocarbonyl (C=S) groups is 1. The SMILES string of the molecule is CN1OCC(=O)N(c2ccc3c(c2)CCC3)C1=S. The molecule has 1 saturated heterocycles. The fourth-order valence-electron chi connectivity index (χ4n) is 2.47. The highest BCUT2D eigenvalue weighted by Crippen LogP contribution is 2.28. The molecule has 5 heteroatoms. The van der Waals surface area contributed by atoms with E-state index >= 15 is 0 Å². The Balaban J connectivity index is 1.98. The first-order valence-corrected chi connectivity index (χ1v) is 6.43. The Kier molecular flexibility index (Phi) is 2.80. The highest BCUT2D eigenvalue weighted by atomic mass is 32.1. The van der Waals surface area contributed by atoms with Crippen LogP contribution in [0.1, 0.15) is 17.5 Å². The molecule has 0 atom stereocenters. The average Bonchev–Trinajstić information content (AvgIpc) is 2.82. The van der Waals surface area contributed by atoms with Gasteiger partial charge in [-0.05, 0) is 54.7 Å². The van der Waals surface area contributed by atoms with Crippen molar-refractivity contribution >= 4 is 28.9 Å². The summed E-state index contributed by atoms with van der Waals surface area (Å²) < 4.78 is 0. The van der Waals surface area contributed by atoms with E-state index in [9.17, 15) is 4.79 Å². The summed E-state index contributed by atoms with van der Waals surface area (Å²) in [5, 5.41) is 1.86. The zero-order valence-corrected chi connectivity index (χ0v) is 11.0. The fourth-order valence-corrected chi connectivity index (χ4v) is 2.73. The van der Waals surface area contributed by atoms with E-state index in [1.807, 2.05) is 6.07 Å². The van der Waals surface area contributed by atoms with E-state index in [1.54, 1.807) is 11.9 Å². The summed E-state index contributed by atoms with van der Waals surface area (Å²) in [4.78, 5) is 18.6. The molecule has 94 valence electrons. The maximum absolute atomic E-state index is 11.9. The fraction of sp³-hybridized carbons (Fsp3) is 0.385. The van der Waals surface area contributed by atoms with Crippen molar-refractivity contribution in [3.05, 3.63) is 29.3 Å². The van der Waals surface area contributed by atoms with Crippen molar-refractivity contribution in [1.29, 1.82) is 0 Å². The number of hydrogen-bond donors (Lipinski definition) is 0. The predicted octanol–water partition coefficient (Wildman–Crippen LogP) is 1.67. The molecule has 1 fully saturated rings. The van der Waals surface area contributed by atoms with Gasteiger partial charge in [0.05, 0.1) is 5.69 Å². The number of rotatable bonds is 1. The van der Waals surface area contributed by atoms with Crippen molar-refractivity contribution in [2.75, 3.05) is 18.6 Å². The third kappa shape index (κ3) is 1.79. The third-order valence-corrected chi connectivity index (χ3v) is 3.87. The van der Waals surface area contributed by atoms with E-state index < -0.39 is 0 Å². The Labute approximate surface area is 111 Å². The van der Waals surface area contributed by atoms with Crippen LogP contribution < -0.4 is 4.90 Å². The monoisotopic (exact) mass is 262 g/mol. The number of hydroxylamine groups is 2. The van der Waals surface area contributed by atoms with Crippen LogP contribution in [0.4, 0.5) is 5.69 Å². The van der Waals surface area contributed by atoms with Crippen LogP contribution in [-0.4, -0.2) is 29.7 Å². The molecule has 1 aliphatic heterocycles. The molecule has 1 aromatic carbocycles. The normalized spacial score (nSPS) is 19.4. The van der Waals surface area contributed by atoms with Gasteiger partial charge in [0.15, 0.2) is 6.61 Å². The summed E-state index contributed by atoms with van der Waals surface area (Å²) in [5.74, 6) is -0.115. The Morgan fingerprint density at radius 1 is 1.28 bits per heavy atom. The van der Waals surface area contributed by atoms with Crippen LogP contribution in [0.15, 0.2) is 18.2 Å². The summed E-state index contributed by atoms with van der Waals surface area (Å²) in [7, 11) is 1.72. The van der Waals surface area contributed by atoms with E-state index in [0.29, 0.717) is 5.11 Å². The van der Waals surface area contributed by atoms with E-state index in [1.165, 1.54) is 22.6 Å². The van der Waals surface area contributed by atoms with Crippen LogP contribution in [0, 0.1) is 0 Å². The molecule has 0 saturated carbocycles. The lowest BCUT2D eigenvalue weighted by Gasteiger charge is -2.33. The topological polar surface area (TPSA) is 32.8 Å². The summed E-state index contributed by atoms with van der Waals surface area (Å²) in [6, 6.07) is 6.14. The van der Waals surface area contributed by atoms with Gasteiger partial charge in [0, 0.05) is 7.05 Å². The Hall–Kier alpha value is -1.46. The Morgan fingerprint density at radius 2 is 2.06 bits per heavy atom. The van der Waals surface area contributed by atoms with Gasteiger partial charge in [-0.1, -0.05) is 6.07 Å². The second kappa shape index (κ2) is 4.33. The quantitative estimate of drug-likeness (QED) is 0.721. The van der Waals surface area contributed by atoms with E-state index in [2.05, 4.69) is 12.1 Å². The molecule has 18 heavy (non-hydrogen) atoms. The summed E-state index contributed by atoms with van der Waals surface area (Å²) >= 11 is 5.24. The highest BCUT2D eigenvalue weighted by molar-refractivity contribution is 7.80. The van der Waals surface area contributed by atoms with Crippen molar-refractivity contribution in [1.82, 2.24) is 5.06 Å². The number of anilines is 1. The van der Waals surface area contributed by atoms with Crippen molar-refractivity contribution in [3.8, 4) is 0 Å². The zero-order valence-electron chi connectivity index (χ0n) is 10.2.